The van der Waals surface area contributed by atoms with Crippen LogP contribution in [0.3, 0.4) is 0 Å². The van der Waals surface area contributed by atoms with Crippen molar-refractivity contribution in [1.29, 1.82) is 0 Å². The summed E-state index contributed by atoms with van der Waals surface area (Å²) >= 11 is 0. The molecule has 0 spiro atoms. The summed E-state index contributed by atoms with van der Waals surface area (Å²) in [6.07, 6.45) is 1.99. The van der Waals surface area contributed by atoms with E-state index < -0.39 is 11.9 Å². The van der Waals surface area contributed by atoms with Gasteiger partial charge in [-0.1, -0.05) is 0 Å². The number of carbonyl (C=O) groups is 3. The highest BCUT2D eigenvalue weighted by Gasteiger charge is 2.28. The fraction of sp³-hybridized carbons (Fsp3) is 0.385. The van der Waals surface area contributed by atoms with Crippen LogP contribution in [0, 0.1) is 0 Å². The number of hydrogen-bond acceptors (Lipinski definition) is 5. The Morgan fingerprint density at radius 2 is 2.25 bits per heavy atom. The number of imide groups is 1. The normalized spacial score (nSPS) is 18.4. The molecule has 3 amide bonds. The van der Waals surface area contributed by atoms with Crippen LogP contribution in [-0.2, 0) is 9.59 Å². The lowest BCUT2D eigenvalue weighted by molar-refractivity contribution is -0.134. The minimum atomic E-state index is -0.673. The Balaban J connectivity index is 1.97. The Morgan fingerprint density at radius 3 is 2.85 bits per heavy atom. The average Bonchev–Trinajstić information content (AvgIpc) is 2.43. The highest BCUT2D eigenvalue weighted by atomic mass is 16.2. The third-order valence-electron chi connectivity index (χ3n) is 2.93. The SMILES string of the molecule is CCNc1ccc(C(=O)NC2CCC(=O)NC2=O)cn1. The van der Waals surface area contributed by atoms with Gasteiger partial charge in [-0.15, -0.1) is 0 Å². The van der Waals surface area contributed by atoms with Crippen LogP contribution in [0.4, 0.5) is 5.82 Å². The number of pyridine rings is 1. The zero-order valence-corrected chi connectivity index (χ0v) is 11.1. The first kappa shape index (κ1) is 14.0. The number of rotatable bonds is 4. The molecule has 1 aliphatic heterocycles. The molecule has 1 aromatic heterocycles. The summed E-state index contributed by atoms with van der Waals surface area (Å²) < 4.78 is 0. The Hall–Kier alpha value is -2.44. The minimum Gasteiger partial charge on any atom is -0.370 e. The zero-order valence-electron chi connectivity index (χ0n) is 11.1. The second-order valence-electron chi connectivity index (χ2n) is 4.44. The van der Waals surface area contributed by atoms with Crippen LogP contribution < -0.4 is 16.0 Å². The van der Waals surface area contributed by atoms with E-state index in [1.165, 1.54) is 6.20 Å². The van der Waals surface area contributed by atoms with E-state index in [1.807, 2.05) is 6.92 Å². The molecule has 2 heterocycles. The lowest BCUT2D eigenvalue weighted by atomic mass is 10.1. The van der Waals surface area contributed by atoms with E-state index in [-0.39, 0.29) is 18.2 Å². The number of nitrogens with one attached hydrogen (secondary N) is 3. The number of amides is 3. The molecule has 1 aromatic rings. The molecule has 0 aromatic carbocycles. The van der Waals surface area contributed by atoms with Crippen molar-refractivity contribution in [3.63, 3.8) is 0 Å². The van der Waals surface area contributed by atoms with Gasteiger partial charge in [0.1, 0.15) is 11.9 Å². The molecule has 1 aliphatic rings. The molecule has 106 valence electrons. The number of aromatic nitrogens is 1. The maximum Gasteiger partial charge on any atom is 0.253 e. The first-order chi connectivity index (χ1) is 9.60. The van der Waals surface area contributed by atoms with Crippen molar-refractivity contribution in [3.8, 4) is 0 Å². The van der Waals surface area contributed by atoms with Crippen molar-refractivity contribution in [3.05, 3.63) is 23.9 Å². The van der Waals surface area contributed by atoms with Gasteiger partial charge in [0, 0.05) is 19.2 Å². The molecule has 1 fully saturated rings. The van der Waals surface area contributed by atoms with E-state index in [4.69, 9.17) is 0 Å². The van der Waals surface area contributed by atoms with Gasteiger partial charge in [0.15, 0.2) is 0 Å². The summed E-state index contributed by atoms with van der Waals surface area (Å²) in [7, 11) is 0. The Morgan fingerprint density at radius 1 is 1.45 bits per heavy atom. The van der Waals surface area contributed by atoms with Crippen LogP contribution in [0.25, 0.3) is 0 Å². The number of hydrogen-bond donors (Lipinski definition) is 3. The van der Waals surface area contributed by atoms with Gasteiger partial charge >= 0.3 is 0 Å². The molecule has 0 saturated carbocycles. The van der Waals surface area contributed by atoms with Gasteiger partial charge in [-0.3, -0.25) is 19.7 Å². The maximum atomic E-state index is 12.0. The summed E-state index contributed by atoms with van der Waals surface area (Å²) in [4.78, 5) is 38.6. The molecule has 1 atom stereocenters. The predicted octanol–water partition coefficient (Wildman–Crippen LogP) is 0.0484. The van der Waals surface area contributed by atoms with Crippen LogP contribution in [0.5, 0.6) is 0 Å². The lowest BCUT2D eigenvalue weighted by Gasteiger charge is -2.21. The molecule has 0 radical (unpaired) electrons. The van der Waals surface area contributed by atoms with Crippen LogP contribution in [0.15, 0.2) is 18.3 Å². The van der Waals surface area contributed by atoms with Gasteiger partial charge in [-0.25, -0.2) is 4.98 Å². The van der Waals surface area contributed by atoms with Crippen LogP contribution in [0.2, 0.25) is 0 Å². The van der Waals surface area contributed by atoms with E-state index in [9.17, 15) is 14.4 Å². The number of anilines is 1. The monoisotopic (exact) mass is 276 g/mol. The van der Waals surface area contributed by atoms with Crippen LogP contribution >= 0.6 is 0 Å². The molecule has 1 saturated heterocycles. The van der Waals surface area contributed by atoms with Gasteiger partial charge < -0.3 is 10.6 Å². The van der Waals surface area contributed by atoms with Crippen molar-refractivity contribution >= 4 is 23.5 Å². The van der Waals surface area contributed by atoms with Gasteiger partial charge in [0.2, 0.25) is 11.8 Å². The predicted molar refractivity (Wildman–Crippen MR) is 72.0 cm³/mol. The van der Waals surface area contributed by atoms with E-state index >= 15 is 0 Å². The summed E-state index contributed by atoms with van der Waals surface area (Å²) in [5, 5.41) is 7.81. The van der Waals surface area contributed by atoms with Gasteiger partial charge in [-0.2, -0.15) is 0 Å². The van der Waals surface area contributed by atoms with Crippen LogP contribution in [0.1, 0.15) is 30.1 Å². The third kappa shape index (κ3) is 3.31. The second-order valence-corrected chi connectivity index (χ2v) is 4.44. The minimum absolute atomic E-state index is 0.230. The quantitative estimate of drug-likeness (QED) is 0.675. The smallest absolute Gasteiger partial charge is 0.253 e. The summed E-state index contributed by atoms with van der Waals surface area (Å²) in [5.41, 5.74) is 0.372. The van der Waals surface area contributed by atoms with Crippen molar-refractivity contribution < 1.29 is 14.4 Å². The molecule has 1 unspecified atom stereocenters. The van der Waals surface area contributed by atoms with E-state index in [0.29, 0.717) is 17.8 Å². The summed E-state index contributed by atoms with van der Waals surface area (Å²) in [5.74, 6) is -0.468. The van der Waals surface area contributed by atoms with Gasteiger partial charge in [-0.05, 0) is 25.5 Å². The number of piperidine rings is 1. The topological polar surface area (TPSA) is 100 Å². The second kappa shape index (κ2) is 6.14. The Labute approximate surface area is 116 Å². The molecule has 0 bridgehead atoms. The molecular formula is C13H16N4O3. The molecule has 2 rings (SSSR count). The zero-order chi connectivity index (χ0) is 14.5. The standard InChI is InChI=1S/C13H16N4O3/c1-2-14-10-5-3-8(7-15-10)12(19)16-9-4-6-11(18)17-13(9)20/h3,5,7,9H,2,4,6H2,1H3,(H,14,15)(H,16,19)(H,17,18,20). The van der Waals surface area contributed by atoms with Crippen molar-refractivity contribution in [2.75, 3.05) is 11.9 Å². The van der Waals surface area contributed by atoms with Crippen molar-refractivity contribution in [1.82, 2.24) is 15.6 Å². The first-order valence-corrected chi connectivity index (χ1v) is 6.44. The fourth-order valence-corrected chi connectivity index (χ4v) is 1.89. The molecule has 20 heavy (non-hydrogen) atoms. The fourth-order valence-electron chi connectivity index (χ4n) is 1.89. The molecule has 3 N–H and O–H groups in total. The summed E-state index contributed by atoms with van der Waals surface area (Å²) in [6, 6.07) is 2.66. The molecule has 7 nitrogen and oxygen atoms in total. The van der Waals surface area contributed by atoms with Gasteiger partial charge in [0.05, 0.1) is 5.56 Å². The van der Waals surface area contributed by atoms with E-state index in [0.717, 1.165) is 6.54 Å². The number of nitrogens with zero attached hydrogens (tertiary/aromatic N) is 1. The van der Waals surface area contributed by atoms with Crippen LogP contribution in [-0.4, -0.2) is 35.3 Å². The van der Waals surface area contributed by atoms with E-state index in [1.54, 1.807) is 12.1 Å². The van der Waals surface area contributed by atoms with Crippen molar-refractivity contribution in [2.45, 2.75) is 25.8 Å². The Bertz CT molecular complexity index is 527. The molecule has 7 heteroatoms. The highest BCUT2D eigenvalue weighted by molar-refractivity contribution is 6.03. The first-order valence-electron chi connectivity index (χ1n) is 6.44. The highest BCUT2D eigenvalue weighted by Crippen LogP contribution is 2.08. The maximum absolute atomic E-state index is 12.0. The van der Waals surface area contributed by atoms with E-state index in [2.05, 4.69) is 20.9 Å². The Kier molecular flexibility index (Phi) is 4.29. The molecular weight excluding hydrogens is 260 g/mol. The van der Waals surface area contributed by atoms with Crippen molar-refractivity contribution in [2.24, 2.45) is 0 Å². The largest absolute Gasteiger partial charge is 0.370 e. The van der Waals surface area contributed by atoms with Gasteiger partial charge in [0.25, 0.3) is 5.91 Å². The lowest BCUT2D eigenvalue weighted by Crippen LogP contribution is -2.52. The average molecular weight is 276 g/mol. The summed E-state index contributed by atoms with van der Waals surface area (Å²) in [6.45, 7) is 2.69. The third-order valence-corrected chi connectivity index (χ3v) is 2.93. The molecule has 0 aliphatic carbocycles. The number of carbonyl (C=O) groups excluding carboxylic acids is 3.